The number of benzene rings is 1. The van der Waals surface area contributed by atoms with Crippen molar-refractivity contribution in [2.24, 2.45) is 0 Å². The molecule has 8 heteroatoms. The van der Waals surface area contributed by atoms with Crippen molar-refractivity contribution >= 4 is 22.8 Å². The summed E-state index contributed by atoms with van der Waals surface area (Å²) in [6, 6.07) is 6.13. The summed E-state index contributed by atoms with van der Waals surface area (Å²) >= 11 is 0. The smallest absolute Gasteiger partial charge is 0.319 e. The molecule has 2 N–H and O–H groups in total. The number of carbonyl (C=O) groups is 1. The van der Waals surface area contributed by atoms with Gasteiger partial charge in [-0.25, -0.2) is 18.6 Å². The molecule has 2 amide bonds. The molecule has 3 rings (SSSR count). The van der Waals surface area contributed by atoms with Crippen LogP contribution in [-0.2, 0) is 17.7 Å². The first kappa shape index (κ1) is 18.8. The number of aromatic nitrogens is 2. The van der Waals surface area contributed by atoms with E-state index in [1.807, 2.05) is 22.9 Å². The molecular weight excluding hydrogens is 354 g/mol. The molecule has 1 aromatic carbocycles. The molecule has 0 fully saturated rings. The van der Waals surface area contributed by atoms with Crippen molar-refractivity contribution in [3.63, 3.8) is 0 Å². The van der Waals surface area contributed by atoms with Crippen molar-refractivity contribution in [3.8, 4) is 0 Å². The van der Waals surface area contributed by atoms with Crippen LogP contribution in [0.3, 0.4) is 0 Å². The number of anilines is 1. The van der Waals surface area contributed by atoms with E-state index in [4.69, 9.17) is 4.74 Å². The molecule has 0 aliphatic carbocycles. The first-order valence-corrected chi connectivity index (χ1v) is 8.50. The molecule has 0 aliphatic heterocycles. The number of urea groups is 1. The van der Waals surface area contributed by atoms with Gasteiger partial charge >= 0.3 is 6.03 Å². The third kappa shape index (κ3) is 4.59. The largest absolute Gasteiger partial charge is 0.383 e. The van der Waals surface area contributed by atoms with Crippen LogP contribution in [0, 0.1) is 11.6 Å². The van der Waals surface area contributed by atoms with E-state index in [0.29, 0.717) is 26.1 Å². The molecule has 142 valence electrons. The zero-order valence-electron chi connectivity index (χ0n) is 14.8. The Kier molecular flexibility index (Phi) is 5.97. The van der Waals surface area contributed by atoms with Gasteiger partial charge in [-0.1, -0.05) is 0 Å². The Morgan fingerprint density at radius 1 is 1.30 bits per heavy atom. The van der Waals surface area contributed by atoms with Crippen LogP contribution in [0.5, 0.6) is 0 Å². The highest BCUT2D eigenvalue weighted by atomic mass is 19.1. The number of pyridine rings is 1. The fraction of sp³-hybridized carbons (Fsp3) is 0.263. The molecule has 0 saturated carbocycles. The van der Waals surface area contributed by atoms with E-state index in [1.54, 1.807) is 13.3 Å². The van der Waals surface area contributed by atoms with Gasteiger partial charge in [0.15, 0.2) is 0 Å². The molecule has 3 aromatic rings. The maximum absolute atomic E-state index is 13.6. The number of fused-ring (bicyclic) bond motifs is 1. The number of halogens is 2. The third-order valence-electron chi connectivity index (χ3n) is 4.11. The maximum atomic E-state index is 13.6. The van der Waals surface area contributed by atoms with E-state index in [9.17, 15) is 13.6 Å². The summed E-state index contributed by atoms with van der Waals surface area (Å²) in [7, 11) is 1.64. The molecule has 27 heavy (non-hydrogen) atoms. The Bertz CT molecular complexity index is 943. The SMILES string of the molecule is COCCn1cc(CCNC(=O)Nc2cc(F)ccc2F)c2cccnc21. The number of nitrogens with zero attached hydrogens (tertiary/aromatic N) is 2. The lowest BCUT2D eigenvalue weighted by atomic mass is 10.1. The van der Waals surface area contributed by atoms with Crippen LogP contribution < -0.4 is 10.6 Å². The lowest BCUT2D eigenvalue weighted by Crippen LogP contribution is -2.30. The molecule has 0 aliphatic rings. The van der Waals surface area contributed by atoms with Crippen molar-refractivity contribution in [2.45, 2.75) is 13.0 Å². The van der Waals surface area contributed by atoms with Crippen molar-refractivity contribution < 1.29 is 18.3 Å². The number of hydrogen-bond acceptors (Lipinski definition) is 3. The second-order valence-corrected chi connectivity index (χ2v) is 5.97. The number of methoxy groups -OCH3 is 1. The van der Waals surface area contributed by atoms with Crippen LogP contribution in [0.25, 0.3) is 11.0 Å². The van der Waals surface area contributed by atoms with E-state index in [-0.39, 0.29) is 5.69 Å². The maximum Gasteiger partial charge on any atom is 0.319 e. The van der Waals surface area contributed by atoms with Crippen molar-refractivity contribution in [1.82, 2.24) is 14.9 Å². The van der Waals surface area contributed by atoms with Crippen molar-refractivity contribution in [2.75, 3.05) is 25.6 Å². The zero-order valence-corrected chi connectivity index (χ0v) is 14.8. The first-order chi connectivity index (χ1) is 13.1. The summed E-state index contributed by atoms with van der Waals surface area (Å²) in [6.07, 6.45) is 4.29. The molecule has 0 atom stereocenters. The number of ether oxygens (including phenoxy) is 1. The Hall–Kier alpha value is -3.00. The summed E-state index contributed by atoms with van der Waals surface area (Å²) in [4.78, 5) is 16.3. The van der Waals surface area contributed by atoms with Crippen LogP contribution in [0.15, 0.2) is 42.7 Å². The number of carbonyl (C=O) groups excluding carboxylic acids is 1. The van der Waals surface area contributed by atoms with Gasteiger partial charge in [-0.05, 0) is 36.2 Å². The Labute approximate surface area is 155 Å². The van der Waals surface area contributed by atoms with E-state index >= 15 is 0 Å². The lowest BCUT2D eigenvalue weighted by Gasteiger charge is -2.08. The van der Waals surface area contributed by atoms with Crippen molar-refractivity contribution in [1.29, 1.82) is 0 Å². The third-order valence-corrected chi connectivity index (χ3v) is 4.11. The minimum Gasteiger partial charge on any atom is -0.383 e. The average molecular weight is 374 g/mol. The number of nitrogens with one attached hydrogen (secondary N) is 2. The van der Waals surface area contributed by atoms with Gasteiger partial charge in [0.2, 0.25) is 0 Å². The molecule has 0 saturated heterocycles. The monoisotopic (exact) mass is 374 g/mol. The number of rotatable bonds is 7. The Morgan fingerprint density at radius 3 is 2.96 bits per heavy atom. The van der Waals surface area contributed by atoms with E-state index in [0.717, 1.165) is 34.8 Å². The van der Waals surface area contributed by atoms with Crippen LogP contribution in [0.2, 0.25) is 0 Å². The average Bonchev–Trinajstić information content (AvgIpc) is 3.01. The second-order valence-electron chi connectivity index (χ2n) is 5.97. The fourth-order valence-electron chi connectivity index (χ4n) is 2.83. The molecule has 0 bridgehead atoms. The number of amides is 2. The summed E-state index contributed by atoms with van der Waals surface area (Å²) < 4.78 is 33.9. The van der Waals surface area contributed by atoms with Gasteiger partial charge in [-0.2, -0.15) is 0 Å². The predicted octanol–water partition coefficient (Wildman–Crippen LogP) is 3.33. The quantitative estimate of drug-likeness (QED) is 0.667. The fourth-order valence-corrected chi connectivity index (χ4v) is 2.83. The van der Waals surface area contributed by atoms with Gasteiger partial charge in [-0.15, -0.1) is 0 Å². The Morgan fingerprint density at radius 2 is 2.15 bits per heavy atom. The highest BCUT2D eigenvalue weighted by molar-refractivity contribution is 5.89. The summed E-state index contributed by atoms with van der Waals surface area (Å²) in [6.45, 7) is 1.58. The normalized spacial score (nSPS) is 10.9. The van der Waals surface area contributed by atoms with Crippen LogP contribution >= 0.6 is 0 Å². The number of hydrogen-bond donors (Lipinski definition) is 2. The molecule has 2 aromatic heterocycles. The van der Waals surface area contributed by atoms with Gasteiger partial charge < -0.3 is 19.9 Å². The van der Waals surface area contributed by atoms with Gasteiger partial charge in [0, 0.05) is 44.0 Å². The lowest BCUT2D eigenvalue weighted by molar-refractivity contribution is 0.188. The molecule has 0 radical (unpaired) electrons. The minimum atomic E-state index is -0.696. The van der Waals surface area contributed by atoms with Crippen LogP contribution in [0.4, 0.5) is 19.3 Å². The molecular formula is C19H20F2N4O2. The summed E-state index contributed by atoms with van der Waals surface area (Å²) in [5, 5.41) is 5.96. The molecule has 0 unspecified atom stereocenters. The van der Waals surface area contributed by atoms with Gasteiger partial charge in [0.05, 0.1) is 12.3 Å². The van der Waals surface area contributed by atoms with Crippen LogP contribution in [0.1, 0.15) is 5.56 Å². The van der Waals surface area contributed by atoms with E-state index in [1.165, 1.54) is 0 Å². The highest BCUT2D eigenvalue weighted by Gasteiger charge is 2.11. The summed E-state index contributed by atoms with van der Waals surface area (Å²) in [5.74, 6) is -1.32. The molecule has 0 spiro atoms. The molecule has 6 nitrogen and oxygen atoms in total. The summed E-state index contributed by atoms with van der Waals surface area (Å²) in [5.41, 5.74) is 1.69. The second kappa shape index (κ2) is 8.59. The highest BCUT2D eigenvalue weighted by Crippen LogP contribution is 2.20. The minimum absolute atomic E-state index is 0.201. The molecule has 2 heterocycles. The van der Waals surface area contributed by atoms with Gasteiger partial charge in [0.25, 0.3) is 0 Å². The first-order valence-electron chi connectivity index (χ1n) is 8.50. The standard InChI is InChI=1S/C19H20F2N4O2/c1-27-10-9-25-12-13(15-3-2-7-22-18(15)25)6-8-23-19(26)24-17-11-14(20)4-5-16(17)21/h2-5,7,11-12H,6,8-10H2,1H3,(H2,23,24,26). The van der Waals surface area contributed by atoms with E-state index < -0.39 is 17.7 Å². The van der Waals surface area contributed by atoms with Gasteiger partial charge in [-0.3, -0.25) is 0 Å². The zero-order chi connectivity index (χ0) is 19.2. The van der Waals surface area contributed by atoms with Crippen molar-refractivity contribution in [3.05, 3.63) is 59.9 Å². The topological polar surface area (TPSA) is 68.2 Å². The Balaban J connectivity index is 1.61. The van der Waals surface area contributed by atoms with Crippen LogP contribution in [-0.4, -0.2) is 35.8 Å². The predicted molar refractivity (Wildman–Crippen MR) is 98.7 cm³/mol. The van der Waals surface area contributed by atoms with E-state index in [2.05, 4.69) is 15.6 Å². The van der Waals surface area contributed by atoms with Gasteiger partial charge in [0.1, 0.15) is 17.3 Å².